The summed E-state index contributed by atoms with van der Waals surface area (Å²) < 4.78 is 10.1. The molecule has 0 saturated carbocycles. The minimum Gasteiger partial charge on any atom is -0.497 e. The Kier molecular flexibility index (Phi) is 4.51. The Morgan fingerprint density at radius 3 is 1.88 bits per heavy atom. The van der Waals surface area contributed by atoms with Gasteiger partial charge in [-0.2, -0.15) is 0 Å². The van der Waals surface area contributed by atoms with E-state index >= 15 is 0 Å². The number of nitrogens with zero attached hydrogens (tertiary/aromatic N) is 4. The summed E-state index contributed by atoms with van der Waals surface area (Å²) >= 11 is 0. The Labute approximate surface area is 143 Å². The van der Waals surface area contributed by atoms with E-state index in [4.69, 9.17) is 9.47 Å². The number of methoxy groups -OCH3 is 2. The Balaban J connectivity index is 1.80. The molecule has 25 heavy (non-hydrogen) atoms. The van der Waals surface area contributed by atoms with Gasteiger partial charge in [0, 0.05) is 11.1 Å². The van der Waals surface area contributed by atoms with Crippen molar-refractivity contribution in [2.45, 2.75) is 0 Å². The Morgan fingerprint density at radius 2 is 1.36 bits per heavy atom. The first-order valence-corrected chi connectivity index (χ1v) is 7.30. The van der Waals surface area contributed by atoms with Gasteiger partial charge in [-0.15, -0.1) is 10.2 Å². The summed E-state index contributed by atoms with van der Waals surface area (Å²) in [7, 11) is 3.07. The molecule has 0 N–H and O–H groups in total. The lowest BCUT2D eigenvalue weighted by Crippen LogP contribution is -2.16. The lowest BCUT2D eigenvalue weighted by Gasteiger charge is -2.01. The smallest absolute Gasteiger partial charge is 0.297 e. The zero-order valence-electron chi connectivity index (χ0n) is 13.5. The van der Waals surface area contributed by atoms with E-state index in [-0.39, 0.29) is 5.82 Å². The average molecular weight is 338 g/mol. The fourth-order valence-electron chi connectivity index (χ4n) is 2.11. The van der Waals surface area contributed by atoms with Crippen LogP contribution >= 0.6 is 0 Å². The summed E-state index contributed by atoms with van der Waals surface area (Å²) in [6.07, 6.45) is 0. The lowest BCUT2D eigenvalue weighted by molar-refractivity contribution is 0.0925. The predicted octanol–water partition coefficient (Wildman–Crippen LogP) is 1.61. The molecule has 0 atom stereocenters. The number of benzene rings is 2. The van der Waals surface area contributed by atoms with E-state index in [1.807, 2.05) is 0 Å². The molecule has 0 amide bonds. The van der Waals surface area contributed by atoms with Gasteiger partial charge in [-0.3, -0.25) is 9.59 Å². The minimum atomic E-state index is -0.496. The average Bonchev–Trinajstić information content (AvgIpc) is 3.17. The summed E-state index contributed by atoms with van der Waals surface area (Å²) in [5, 5.41) is 11.2. The fraction of sp³-hybridized carbons (Fsp3) is 0.118. The molecule has 1 aromatic heterocycles. The highest BCUT2D eigenvalue weighted by Gasteiger charge is 2.19. The molecule has 0 unspecified atom stereocenters. The number of carbonyl (C=O) groups excluding carboxylic acids is 2. The van der Waals surface area contributed by atoms with Gasteiger partial charge in [-0.1, -0.05) is 4.80 Å². The van der Waals surface area contributed by atoms with E-state index in [0.717, 1.165) is 4.80 Å². The first-order valence-electron chi connectivity index (χ1n) is 7.30. The normalized spacial score (nSPS) is 10.3. The van der Waals surface area contributed by atoms with Gasteiger partial charge < -0.3 is 9.47 Å². The highest BCUT2D eigenvalue weighted by molar-refractivity contribution is 6.06. The Hall–Kier alpha value is -3.55. The molecule has 0 aliphatic heterocycles. The van der Waals surface area contributed by atoms with E-state index in [1.165, 1.54) is 14.2 Å². The van der Waals surface area contributed by atoms with Crippen molar-refractivity contribution in [3.8, 4) is 11.5 Å². The zero-order chi connectivity index (χ0) is 17.8. The molecule has 3 aromatic rings. The third kappa shape index (κ3) is 3.37. The van der Waals surface area contributed by atoms with Crippen LogP contribution in [0, 0.1) is 0 Å². The molecule has 0 saturated heterocycles. The van der Waals surface area contributed by atoms with Gasteiger partial charge in [0.15, 0.2) is 0 Å². The molecule has 0 radical (unpaired) electrons. The predicted molar refractivity (Wildman–Crippen MR) is 87.0 cm³/mol. The highest BCUT2D eigenvalue weighted by atomic mass is 16.5. The van der Waals surface area contributed by atoms with Crippen molar-refractivity contribution in [2.75, 3.05) is 14.2 Å². The maximum Gasteiger partial charge on any atom is 0.297 e. The van der Waals surface area contributed by atoms with Crippen LogP contribution in [0.4, 0.5) is 0 Å². The van der Waals surface area contributed by atoms with Gasteiger partial charge in [0.25, 0.3) is 5.91 Å². The molecule has 126 valence electrons. The molecule has 0 spiro atoms. The third-order valence-corrected chi connectivity index (χ3v) is 3.49. The molecule has 0 aliphatic rings. The van der Waals surface area contributed by atoms with Crippen molar-refractivity contribution in [2.24, 2.45) is 0 Å². The van der Waals surface area contributed by atoms with Crippen molar-refractivity contribution < 1.29 is 19.1 Å². The topological polar surface area (TPSA) is 96.2 Å². The van der Waals surface area contributed by atoms with E-state index in [9.17, 15) is 9.59 Å². The van der Waals surface area contributed by atoms with Crippen LogP contribution in [0.1, 0.15) is 26.5 Å². The second-order valence-corrected chi connectivity index (χ2v) is 4.99. The number of ketones is 1. The summed E-state index contributed by atoms with van der Waals surface area (Å²) in [5.41, 5.74) is 0.721. The Bertz CT molecular complexity index is 827. The van der Waals surface area contributed by atoms with Crippen molar-refractivity contribution in [3.63, 3.8) is 0 Å². The summed E-state index contributed by atoms with van der Waals surface area (Å²) in [6, 6.07) is 12.9. The van der Waals surface area contributed by atoms with Gasteiger partial charge in [0.1, 0.15) is 11.5 Å². The van der Waals surface area contributed by atoms with Crippen molar-refractivity contribution in [1.82, 2.24) is 20.2 Å². The molecule has 0 bridgehead atoms. The molecular weight excluding hydrogens is 324 g/mol. The minimum absolute atomic E-state index is 0.160. The van der Waals surface area contributed by atoms with Crippen molar-refractivity contribution >= 4 is 11.7 Å². The van der Waals surface area contributed by atoms with Crippen LogP contribution in [-0.4, -0.2) is 46.1 Å². The molecule has 8 heteroatoms. The summed E-state index contributed by atoms with van der Waals surface area (Å²) in [6.45, 7) is 0. The van der Waals surface area contributed by atoms with Gasteiger partial charge in [-0.25, -0.2) is 0 Å². The van der Waals surface area contributed by atoms with Crippen LogP contribution in [-0.2, 0) is 0 Å². The highest BCUT2D eigenvalue weighted by Crippen LogP contribution is 2.14. The van der Waals surface area contributed by atoms with Crippen LogP contribution in [0.25, 0.3) is 0 Å². The van der Waals surface area contributed by atoms with E-state index in [1.54, 1.807) is 48.5 Å². The number of aromatic nitrogens is 4. The van der Waals surface area contributed by atoms with Gasteiger partial charge >= 0.3 is 0 Å². The van der Waals surface area contributed by atoms with E-state index in [2.05, 4.69) is 15.4 Å². The van der Waals surface area contributed by atoms with Gasteiger partial charge in [0.05, 0.1) is 14.2 Å². The standard InChI is InChI=1S/C17H14N4O4/c1-24-13-7-3-11(4-8-13)15(22)16-18-20-21(19-16)17(23)12-5-9-14(25-2)10-6-12/h3-10H,1-2H3. The first-order chi connectivity index (χ1) is 12.1. The third-order valence-electron chi connectivity index (χ3n) is 3.49. The first kappa shape index (κ1) is 16.3. The molecule has 0 fully saturated rings. The van der Waals surface area contributed by atoms with Crippen LogP contribution in [0.5, 0.6) is 11.5 Å². The molecular formula is C17H14N4O4. The van der Waals surface area contributed by atoms with Crippen LogP contribution < -0.4 is 9.47 Å². The number of hydrogen-bond donors (Lipinski definition) is 0. The molecule has 1 heterocycles. The number of hydrogen-bond acceptors (Lipinski definition) is 7. The summed E-state index contributed by atoms with van der Waals surface area (Å²) in [5.74, 6) is 0.161. The number of rotatable bonds is 5. The van der Waals surface area contributed by atoms with Crippen LogP contribution in [0.2, 0.25) is 0 Å². The largest absolute Gasteiger partial charge is 0.497 e. The molecule has 8 nitrogen and oxygen atoms in total. The SMILES string of the molecule is COc1ccc(C(=O)c2nnn(C(=O)c3ccc(OC)cc3)n2)cc1. The van der Waals surface area contributed by atoms with E-state index < -0.39 is 11.7 Å². The van der Waals surface area contributed by atoms with Crippen LogP contribution in [0.15, 0.2) is 48.5 Å². The maximum atomic E-state index is 12.4. The number of tetrazole rings is 1. The molecule has 3 rings (SSSR count). The Morgan fingerprint density at radius 1 is 0.840 bits per heavy atom. The van der Waals surface area contributed by atoms with Crippen molar-refractivity contribution in [3.05, 3.63) is 65.5 Å². The lowest BCUT2D eigenvalue weighted by atomic mass is 10.1. The maximum absolute atomic E-state index is 12.4. The molecule has 2 aromatic carbocycles. The number of carbonyl (C=O) groups is 2. The second-order valence-electron chi connectivity index (χ2n) is 4.99. The number of ether oxygens (including phenoxy) is 2. The van der Waals surface area contributed by atoms with E-state index in [0.29, 0.717) is 22.6 Å². The van der Waals surface area contributed by atoms with Crippen molar-refractivity contribution in [1.29, 1.82) is 0 Å². The fourth-order valence-corrected chi connectivity index (χ4v) is 2.11. The zero-order valence-corrected chi connectivity index (χ0v) is 13.5. The summed E-state index contributed by atoms with van der Waals surface area (Å²) in [4.78, 5) is 25.5. The molecule has 0 aliphatic carbocycles. The quantitative estimate of drug-likeness (QED) is 0.652. The van der Waals surface area contributed by atoms with Gasteiger partial charge in [0.2, 0.25) is 11.6 Å². The second kappa shape index (κ2) is 6.91. The monoisotopic (exact) mass is 338 g/mol. The van der Waals surface area contributed by atoms with Gasteiger partial charge in [-0.05, 0) is 53.7 Å². The van der Waals surface area contributed by atoms with Crippen LogP contribution in [0.3, 0.4) is 0 Å².